The second-order valence-electron chi connectivity index (χ2n) is 8.12. The first kappa shape index (κ1) is 20.6. The van der Waals surface area contributed by atoms with Gasteiger partial charge in [0.05, 0.1) is 22.6 Å². The Kier molecular flexibility index (Phi) is 5.22. The van der Waals surface area contributed by atoms with E-state index in [4.69, 9.17) is 0 Å². The molecule has 0 saturated heterocycles. The average Bonchev–Trinajstić information content (AvgIpc) is 3.36. The third-order valence-corrected chi connectivity index (χ3v) is 5.85. The van der Waals surface area contributed by atoms with Gasteiger partial charge in [0.2, 0.25) is 5.95 Å². The van der Waals surface area contributed by atoms with Gasteiger partial charge in [0.15, 0.2) is 11.5 Å². The van der Waals surface area contributed by atoms with Gasteiger partial charge < -0.3 is 10.1 Å². The number of anilines is 1. The van der Waals surface area contributed by atoms with Crippen LogP contribution in [0.15, 0.2) is 84.4 Å². The summed E-state index contributed by atoms with van der Waals surface area (Å²) in [5.74, 6) is -1.22. The zero-order valence-electron chi connectivity index (χ0n) is 18.0. The van der Waals surface area contributed by atoms with E-state index >= 15 is 0 Å². The summed E-state index contributed by atoms with van der Waals surface area (Å²) in [6.07, 6.45) is 3.89. The van der Waals surface area contributed by atoms with Gasteiger partial charge in [-0.2, -0.15) is 0 Å². The number of nitrogens with zero attached hydrogens (tertiary/aromatic N) is 3. The number of aromatic amines is 1. The average molecular weight is 438 g/mol. The van der Waals surface area contributed by atoms with Crippen molar-refractivity contribution in [1.82, 2.24) is 15.0 Å². The summed E-state index contributed by atoms with van der Waals surface area (Å²) in [6, 6.07) is 18.1. The van der Waals surface area contributed by atoms with Crippen LogP contribution in [-0.2, 0) is 16.0 Å². The van der Waals surface area contributed by atoms with Gasteiger partial charge in [-0.15, -0.1) is 0 Å². The smallest absolute Gasteiger partial charge is 0.296 e. The summed E-state index contributed by atoms with van der Waals surface area (Å²) in [4.78, 5) is 39.8. The number of ketones is 1. The summed E-state index contributed by atoms with van der Waals surface area (Å²) in [5.41, 5.74) is 4.21. The number of pyridine rings is 1. The normalized spacial score (nSPS) is 16.1. The number of Topliss-reactive ketones (excluding diaryl/α,β-unsaturated/α-hetero) is 1. The Hall–Kier alpha value is -4.26. The Morgan fingerprint density at radius 1 is 1.12 bits per heavy atom. The second kappa shape index (κ2) is 8.35. The second-order valence-corrected chi connectivity index (χ2v) is 8.12. The molecule has 2 aromatic carbocycles. The number of carbonyl (C=O) groups excluding carboxylic acids is 2. The van der Waals surface area contributed by atoms with E-state index in [1.54, 1.807) is 24.5 Å². The van der Waals surface area contributed by atoms with Gasteiger partial charge in [0.1, 0.15) is 0 Å². The Morgan fingerprint density at radius 2 is 1.94 bits per heavy atom. The van der Waals surface area contributed by atoms with E-state index in [1.165, 1.54) is 4.90 Å². The van der Waals surface area contributed by atoms with E-state index in [-0.39, 0.29) is 23.7 Å². The highest BCUT2D eigenvalue weighted by atomic mass is 16.3. The van der Waals surface area contributed by atoms with Gasteiger partial charge >= 0.3 is 0 Å². The maximum absolute atomic E-state index is 13.3. The van der Waals surface area contributed by atoms with Crippen molar-refractivity contribution in [2.24, 2.45) is 0 Å². The van der Waals surface area contributed by atoms with Crippen LogP contribution in [-0.4, -0.2) is 31.7 Å². The number of carbonyl (C=O) groups is 2. The van der Waals surface area contributed by atoms with E-state index in [1.807, 2.05) is 55.5 Å². The molecule has 1 unspecified atom stereocenters. The molecule has 1 aliphatic heterocycles. The Morgan fingerprint density at radius 3 is 2.70 bits per heavy atom. The van der Waals surface area contributed by atoms with Gasteiger partial charge in [0.25, 0.3) is 5.91 Å². The SMILES string of the molecule is Cc1ccc2nc(N3C(=O)C(O)=C(C(=O)CCc4ccccc4)C3c3cccnc3)[nH]c2c1. The lowest BCUT2D eigenvalue weighted by atomic mass is 9.94. The van der Waals surface area contributed by atoms with Crippen molar-refractivity contribution in [3.63, 3.8) is 0 Å². The number of amides is 1. The monoisotopic (exact) mass is 438 g/mol. The Balaban J connectivity index is 1.54. The van der Waals surface area contributed by atoms with Crippen LogP contribution in [0, 0.1) is 6.92 Å². The number of benzene rings is 2. The number of fused-ring (bicyclic) bond motifs is 1. The zero-order valence-corrected chi connectivity index (χ0v) is 18.0. The number of aliphatic hydroxyl groups excluding tert-OH is 1. The van der Waals surface area contributed by atoms with Crippen LogP contribution in [0.4, 0.5) is 5.95 Å². The van der Waals surface area contributed by atoms with Gasteiger partial charge in [-0.25, -0.2) is 4.98 Å². The minimum absolute atomic E-state index is 0.0700. The fourth-order valence-corrected chi connectivity index (χ4v) is 4.22. The fraction of sp³-hybridized carbons (Fsp3) is 0.154. The molecule has 0 radical (unpaired) electrons. The lowest BCUT2D eigenvalue weighted by Gasteiger charge is -2.24. The molecule has 1 aliphatic rings. The molecule has 1 atom stereocenters. The first-order valence-electron chi connectivity index (χ1n) is 10.7. The van der Waals surface area contributed by atoms with E-state index < -0.39 is 17.7 Å². The minimum atomic E-state index is -0.823. The molecule has 5 rings (SSSR count). The summed E-state index contributed by atoms with van der Waals surface area (Å²) in [6.45, 7) is 1.97. The highest BCUT2D eigenvalue weighted by molar-refractivity contribution is 6.16. The number of aryl methyl sites for hydroxylation is 2. The van der Waals surface area contributed by atoms with Crippen molar-refractivity contribution in [3.05, 3.63) is 101 Å². The van der Waals surface area contributed by atoms with Crippen LogP contribution in [0.1, 0.15) is 29.2 Å². The molecule has 33 heavy (non-hydrogen) atoms. The number of rotatable bonds is 6. The van der Waals surface area contributed by atoms with Gasteiger partial charge in [-0.3, -0.25) is 19.5 Å². The molecule has 0 aliphatic carbocycles. The number of aromatic nitrogens is 3. The van der Waals surface area contributed by atoms with Crippen LogP contribution < -0.4 is 4.90 Å². The van der Waals surface area contributed by atoms with Crippen molar-refractivity contribution in [1.29, 1.82) is 0 Å². The van der Waals surface area contributed by atoms with Gasteiger partial charge in [0, 0.05) is 18.8 Å². The lowest BCUT2D eigenvalue weighted by Crippen LogP contribution is -2.32. The summed E-state index contributed by atoms with van der Waals surface area (Å²) in [5, 5.41) is 10.8. The molecule has 164 valence electrons. The molecule has 4 aromatic rings. The van der Waals surface area contributed by atoms with Crippen LogP contribution in [0.25, 0.3) is 11.0 Å². The highest BCUT2D eigenvalue weighted by Crippen LogP contribution is 2.40. The van der Waals surface area contributed by atoms with Crippen molar-refractivity contribution in [3.8, 4) is 0 Å². The molecule has 2 N–H and O–H groups in total. The Bertz CT molecular complexity index is 1380. The number of imidazole rings is 1. The molecular weight excluding hydrogens is 416 g/mol. The molecule has 0 saturated carbocycles. The number of hydrogen-bond acceptors (Lipinski definition) is 5. The van der Waals surface area contributed by atoms with Crippen LogP contribution >= 0.6 is 0 Å². The quantitative estimate of drug-likeness (QED) is 0.466. The third-order valence-electron chi connectivity index (χ3n) is 5.85. The molecule has 0 bridgehead atoms. The molecular formula is C26H22N4O3. The van der Waals surface area contributed by atoms with Crippen LogP contribution in [0.2, 0.25) is 0 Å². The molecule has 2 aromatic heterocycles. The topological polar surface area (TPSA) is 99.2 Å². The number of nitrogens with one attached hydrogen (secondary N) is 1. The first-order chi connectivity index (χ1) is 16.0. The molecule has 0 spiro atoms. The molecule has 0 fully saturated rings. The van der Waals surface area contributed by atoms with E-state index in [9.17, 15) is 14.7 Å². The fourth-order valence-electron chi connectivity index (χ4n) is 4.22. The number of H-pyrrole nitrogens is 1. The largest absolute Gasteiger partial charge is 0.503 e. The number of hydrogen-bond donors (Lipinski definition) is 2. The van der Waals surface area contributed by atoms with Gasteiger partial charge in [-0.1, -0.05) is 42.5 Å². The van der Waals surface area contributed by atoms with E-state index in [0.29, 0.717) is 17.5 Å². The van der Waals surface area contributed by atoms with Crippen molar-refractivity contribution >= 4 is 28.7 Å². The molecule has 7 nitrogen and oxygen atoms in total. The van der Waals surface area contributed by atoms with Crippen molar-refractivity contribution < 1.29 is 14.7 Å². The van der Waals surface area contributed by atoms with Crippen LogP contribution in [0.5, 0.6) is 0 Å². The summed E-state index contributed by atoms with van der Waals surface area (Å²) in [7, 11) is 0. The lowest BCUT2D eigenvalue weighted by molar-refractivity contribution is -0.118. The zero-order chi connectivity index (χ0) is 22.9. The third kappa shape index (κ3) is 3.78. The maximum Gasteiger partial charge on any atom is 0.296 e. The predicted molar refractivity (Wildman–Crippen MR) is 125 cm³/mol. The highest BCUT2D eigenvalue weighted by Gasteiger charge is 2.45. The Labute approximate surface area is 190 Å². The first-order valence-corrected chi connectivity index (χ1v) is 10.7. The molecule has 3 heterocycles. The standard InChI is InChI=1S/C26H22N4O3/c1-16-9-11-19-20(14-16)29-26(28-19)30-23(18-8-5-13-27-15-18)22(24(32)25(30)33)21(31)12-10-17-6-3-2-4-7-17/h2-9,11,13-15,23,32H,10,12H2,1H3,(H,28,29). The van der Waals surface area contributed by atoms with Crippen molar-refractivity contribution in [2.75, 3.05) is 4.90 Å². The maximum atomic E-state index is 13.3. The molecule has 1 amide bonds. The number of aliphatic hydroxyl groups is 1. The van der Waals surface area contributed by atoms with E-state index in [2.05, 4.69) is 15.0 Å². The van der Waals surface area contributed by atoms with E-state index in [0.717, 1.165) is 16.6 Å². The minimum Gasteiger partial charge on any atom is -0.503 e. The van der Waals surface area contributed by atoms with Crippen molar-refractivity contribution in [2.45, 2.75) is 25.8 Å². The van der Waals surface area contributed by atoms with Gasteiger partial charge in [-0.05, 0) is 48.2 Å². The van der Waals surface area contributed by atoms with Crippen LogP contribution in [0.3, 0.4) is 0 Å². The summed E-state index contributed by atoms with van der Waals surface area (Å²) >= 11 is 0. The molecule has 7 heteroatoms. The predicted octanol–water partition coefficient (Wildman–Crippen LogP) is 4.37. The summed E-state index contributed by atoms with van der Waals surface area (Å²) < 4.78 is 0.